The largest absolute Gasteiger partial charge is 0.316 e. The van der Waals surface area contributed by atoms with Gasteiger partial charge in [-0.25, -0.2) is 0 Å². The molecule has 1 aromatic rings. The molecule has 0 bridgehead atoms. The maximum absolute atomic E-state index is 4.70. The summed E-state index contributed by atoms with van der Waals surface area (Å²) in [4.78, 5) is 0. The third kappa shape index (κ3) is 2.89. The van der Waals surface area contributed by atoms with Crippen LogP contribution in [-0.2, 0) is 6.54 Å². The lowest BCUT2D eigenvalue weighted by Gasteiger charge is -2.28. The minimum absolute atomic E-state index is 0.637. The average Bonchev–Trinajstić information content (AvgIpc) is 2.72. The van der Waals surface area contributed by atoms with E-state index in [9.17, 15) is 0 Å². The number of nitrogens with zero attached hydrogens (tertiary/aromatic N) is 2. The molecule has 96 valence electrons. The monoisotopic (exact) mass is 235 g/mol. The van der Waals surface area contributed by atoms with Gasteiger partial charge in [0.1, 0.15) is 0 Å². The minimum Gasteiger partial charge on any atom is -0.316 e. The van der Waals surface area contributed by atoms with Gasteiger partial charge >= 0.3 is 0 Å². The van der Waals surface area contributed by atoms with Crippen LogP contribution in [0.3, 0.4) is 0 Å². The van der Waals surface area contributed by atoms with Gasteiger partial charge in [0, 0.05) is 18.3 Å². The molecule has 2 unspecified atom stereocenters. The van der Waals surface area contributed by atoms with Crippen molar-refractivity contribution < 1.29 is 0 Å². The van der Waals surface area contributed by atoms with Crippen LogP contribution in [0.4, 0.5) is 0 Å². The van der Waals surface area contributed by atoms with Crippen molar-refractivity contribution >= 4 is 0 Å². The molecule has 1 aliphatic carbocycles. The quantitative estimate of drug-likeness (QED) is 0.869. The lowest BCUT2D eigenvalue weighted by Crippen LogP contribution is -2.19. The lowest BCUT2D eigenvalue weighted by atomic mass is 9.84. The van der Waals surface area contributed by atoms with Gasteiger partial charge in [-0.15, -0.1) is 0 Å². The summed E-state index contributed by atoms with van der Waals surface area (Å²) in [6.45, 7) is 5.35. The fourth-order valence-electron chi connectivity index (χ4n) is 2.94. The first-order chi connectivity index (χ1) is 8.24. The van der Waals surface area contributed by atoms with Crippen LogP contribution in [0.1, 0.15) is 56.3 Å². The molecule has 2 rings (SSSR count). The smallest absolute Gasteiger partial charge is 0.0638 e. The van der Waals surface area contributed by atoms with Gasteiger partial charge in [0.05, 0.1) is 11.7 Å². The third-order valence-electron chi connectivity index (χ3n) is 4.09. The molecule has 1 fully saturated rings. The maximum atomic E-state index is 4.70. The lowest BCUT2D eigenvalue weighted by molar-refractivity contribution is 0.247. The van der Waals surface area contributed by atoms with Crippen LogP contribution in [-0.4, -0.2) is 16.8 Å². The molecule has 0 aromatic carbocycles. The Hall–Kier alpha value is -0.830. The molecule has 0 aliphatic heterocycles. The van der Waals surface area contributed by atoms with Crippen molar-refractivity contribution in [2.24, 2.45) is 5.92 Å². The Morgan fingerprint density at radius 1 is 1.47 bits per heavy atom. The van der Waals surface area contributed by atoms with E-state index in [4.69, 9.17) is 5.10 Å². The number of aryl methyl sites for hydroxylation is 1. The Labute approximate surface area is 105 Å². The number of hydrogen-bond acceptors (Lipinski definition) is 2. The van der Waals surface area contributed by atoms with E-state index in [0.29, 0.717) is 6.04 Å². The van der Waals surface area contributed by atoms with Gasteiger partial charge in [-0.1, -0.05) is 26.2 Å². The maximum Gasteiger partial charge on any atom is 0.0638 e. The van der Waals surface area contributed by atoms with E-state index in [-0.39, 0.29) is 0 Å². The Morgan fingerprint density at radius 2 is 2.29 bits per heavy atom. The average molecular weight is 235 g/mol. The zero-order valence-electron chi connectivity index (χ0n) is 11.4. The van der Waals surface area contributed by atoms with Crippen molar-refractivity contribution in [3.8, 4) is 0 Å². The molecule has 0 saturated heterocycles. The van der Waals surface area contributed by atoms with Crippen molar-refractivity contribution in [3.63, 3.8) is 0 Å². The summed E-state index contributed by atoms with van der Waals surface area (Å²) in [5.41, 5.74) is 2.52. The summed E-state index contributed by atoms with van der Waals surface area (Å²) in [5.74, 6) is 0.908. The van der Waals surface area contributed by atoms with E-state index >= 15 is 0 Å². The Morgan fingerprint density at radius 3 is 3.00 bits per heavy atom. The first kappa shape index (κ1) is 12.6. The van der Waals surface area contributed by atoms with Crippen LogP contribution in [0.25, 0.3) is 0 Å². The van der Waals surface area contributed by atoms with E-state index < -0.39 is 0 Å². The molecule has 1 aliphatic rings. The van der Waals surface area contributed by atoms with Crippen molar-refractivity contribution in [2.75, 3.05) is 7.05 Å². The summed E-state index contributed by atoms with van der Waals surface area (Å²) in [6, 6.07) is 0.637. The topological polar surface area (TPSA) is 29.9 Å². The molecular weight excluding hydrogens is 210 g/mol. The fourth-order valence-corrected chi connectivity index (χ4v) is 2.94. The molecule has 17 heavy (non-hydrogen) atoms. The second-order valence-electron chi connectivity index (χ2n) is 5.34. The van der Waals surface area contributed by atoms with Gasteiger partial charge in [-0.2, -0.15) is 5.10 Å². The first-order valence-electron chi connectivity index (χ1n) is 6.93. The highest BCUT2D eigenvalue weighted by Crippen LogP contribution is 2.34. The predicted octanol–water partition coefficient (Wildman–Crippen LogP) is 3.05. The molecule has 1 heterocycles. The Bertz CT molecular complexity index is 356. The van der Waals surface area contributed by atoms with E-state index in [1.165, 1.54) is 43.4 Å². The molecule has 2 atom stereocenters. The van der Waals surface area contributed by atoms with E-state index in [2.05, 4.69) is 30.0 Å². The van der Waals surface area contributed by atoms with Crippen LogP contribution < -0.4 is 5.32 Å². The highest BCUT2D eigenvalue weighted by atomic mass is 15.3. The molecule has 1 N–H and O–H groups in total. The van der Waals surface area contributed by atoms with Gasteiger partial charge in [0.2, 0.25) is 0 Å². The second kappa shape index (κ2) is 5.67. The number of nitrogens with one attached hydrogen (secondary N) is 1. The Kier molecular flexibility index (Phi) is 4.21. The van der Waals surface area contributed by atoms with Gasteiger partial charge in [-0.05, 0) is 32.7 Å². The third-order valence-corrected chi connectivity index (χ3v) is 4.09. The molecule has 0 amide bonds. The molecule has 3 heteroatoms. The molecule has 0 radical (unpaired) electrons. The van der Waals surface area contributed by atoms with Crippen molar-refractivity contribution in [1.29, 1.82) is 0 Å². The molecule has 1 aromatic heterocycles. The van der Waals surface area contributed by atoms with Crippen LogP contribution in [0.15, 0.2) is 6.20 Å². The summed E-state index contributed by atoms with van der Waals surface area (Å²) >= 11 is 0. The second-order valence-corrected chi connectivity index (χ2v) is 5.34. The van der Waals surface area contributed by atoms with E-state index in [1.807, 2.05) is 7.05 Å². The number of hydrogen-bond donors (Lipinski definition) is 1. The SMILES string of the molecule is CCC1CCCC(n2cc(CNC)c(C)n2)C1. The number of aromatic nitrogens is 2. The van der Waals surface area contributed by atoms with E-state index in [0.717, 1.165) is 12.5 Å². The summed E-state index contributed by atoms with van der Waals surface area (Å²) in [7, 11) is 1.99. The summed E-state index contributed by atoms with van der Waals surface area (Å²) in [6.07, 6.45) is 8.96. The van der Waals surface area contributed by atoms with Crippen molar-refractivity contribution in [3.05, 3.63) is 17.5 Å². The standard InChI is InChI=1S/C14H25N3/c1-4-12-6-5-7-14(8-12)17-10-13(9-15-3)11(2)16-17/h10,12,14-15H,4-9H2,1-3H3. The van der Waals surface area contributed by atoms with Crippen LogP contribution in [0.2, 0.25) is 0 Å². The van der Waals surface area contributed by atoms with Crippen molar-refractivity contribution in [1.82, 2.24) is 15.1 Å². The molecule has 0 spiro atoms. The molecule has 3 nitrogen and oxygen atoms in total. The Balaban J connectivity index is 2.08. The summed E-state index contributed by atoms with van der Waals surface area (Å²) in [5, 5.41) is 7.91. The fraction of sp³-hybridized carbons (Fsp3) is 0.786. The predicted molar refractivity (Wildman–Crippen MR) is 71.0 cm³/mol. The molecule has 1 saturated carbocycles. The minimum atomic E-state index is 0.637. The van der Waals surface area contributed by atoms with Crippen LogP contribution in [0, 0.1) is 12.8 Å². The van der Waals surface area contributed by atoms with E-state index in [1.54, 1.807) is 0 Å². The number of rotatable bonds is 4. The zero-order valence-corrected chi connectivity index (χ0v) is 11.4. The van der Waals surface area contributed by atoms with Gasteiger partial charge in [0.15, 0.2) is 0 Å². The first-order valence-corrected chi connectivity index (χ1v) is 6.93. The highest BCUT2D eigenvalue weighted by molar-refractivity contribution is 5.15. The van der Waals surface area contributed by atoms with Gasteiger partial charge < -0.3 is 5.32 Å². The van der Waals surface area contributed by atoms with Gasteiger partial charge in [0.25, 0.3) is 0 Å². The zero-order chi connectivity index (χ0) is 12.3. The van der Waals surface area contributed by atoms with Crippen LogP contribution >= 0.6 is 0 Å². The normalized spacial score (nSPS) is 25.1. The van der Waals surface area contributed by atoms with Crippen LogP contribution in [0.5, 0.6) is 0 Å². The summed E-state index contributed by atoms with van der Waals surface area (Å²) < 4.78 is 2.23. The molecular formula is C14H25N3. The van der Waals surface area contributed by atoms with Crippen molar-refractivity contribution in [2.45, 2.75) is 58.5 Å². The van der Waals surface area contributed by atoms with Gasteiger partial charge in [-0.3, -0.25) is 4.68 Å². The highest BCUT2D eigenvalue weighted by Gasteiger charge is 2.23.